The summed E-state index contributed by atoms with van der Waals surface area (Å²) in [5.74, 6) is -0.102. The number of hydrogen-bond donors (Lipinski definition) is 0. The number of aromatic nitrogens is 4. The summed E-state index contributed by atoms with van der Waals surface area (Å²) in [6, 6.07) is 11.2. The molecule has 0 aliphatic heterocycles. The van der Waals surface area contributed by atoms with E-state index in [4.69, 9.17) is 9.47 Å². The number of ketones is 1. The molecule has 0 N–H and O–H groups in total. The Hall–Kier alpha value is -3.94. The van der Waals surface area contributed by atoms with Crippen molar-refractivity contribution >= 4 is 17.4 Å². The largest absolute Gasteiger partial charge is 0.494 e. The van der Waals surface area contributed by atoms with Gasteiger partial charge >= 0.3 is 5.97 Å². The number of aryl methyl sites for hydroxylation is 2. The smallest absolute Gasteiger partial charge is 0.344 e. The molecule has 0 aliphatic carbocycles. The van der Waals surface area contributed by atoms with Crippen molar-refractivity contribution in [2.75, 3.05) is 13.2 Å². The summed E-state index contributed by atoms with van der Waals surface area (Å²) in [5, 5.41) is 4.26. The lowest BCUT2D eigenvalue weighted by Gasteiger charge is -2.11. The van der Waals surface area contributed by atoms with Crippen LogP contribution in [0.5, 0.6) is 5.75 Å². The van der Waals surface area contributed by atoms with Gasteiger partial charge in [0.25, 0.3) is 0 Å². The molecule has 32 heavy (non-hydrogen) atoms. The maximum Gasteiger partial charge on any atom is 0.344 e. The first-order chi connectivity index (χ1) is 15.4. The highest BCUT2D eigenvalue weighted by Gasteiger charge is 2.22. The molecule has 3 heterocycles. The Morgan fingerprint density at radius 1 is 1.09 bits per heavy atom. The molecule has 0 atom stereocenters. The maximum absolute atomic E-state index is 12.9. The molecule has 0 bridgehead atoms. The van der Waals surface area contributed by atoms with Crippen molar-refractivity contribution in [1.82, 2.24) is 19.2 Å². The second kappa shape index (κ2) is 8.66. The molecule has 3 aromatic heterocycles. The summed E-state index contributed by atoms with van der Waals surface area (Å²) in [7, 11) is 0. The number of rotatable bonds is 7. The first-order valence-electron chi connectivity index (χ1n) is 10.3. The molecular weight excluding hydrogens is 408 g/mol. The lowest BCUT2D eigenvalue weighted by molar-refractivity contribution is 0.0475. The van der Waals surface area contributed by atoms with Crippen LogP contribution in [0.15, 0.2) is 48.8 Å². The van der Waals surface area contributed by atoms with Crippen molar-refractivity contribution in [3.63, 3.8) is 0 Å². The van der Waals surface area contributed by atoms with Gasteiger partial charge < -0.3 is 14.0 Å². The molecule has 1 aromatic carbocycles. The third kappa shape index (κ3) is 3.87. The van der Waals surface area contributed by atoms with Gasteiger partial charge in [0.05, 0.1) is 12.3 Å². The van der Waals surface area contributed by atoms with Crippen molar-refractivity contribution in [3.05, 3.63) is 77.0 Å². The SMILES string of the molecule is CCOc1ccc(-n2c(C)cc(C(=O)COC(=O)c3c(C)nn4cccnc34)c2C)cc1. The molecule has 8 nitrogen and oxygen atoms in total. The third-order valence-electron chi connectivity index (χ3n) is 5.25. The highest BCUT2D eigenvalue weighted by atomic mass is 16.5. The van der Waals surface area contributed by atoms with Crippen LogP contribution in [0.1, 0.15) is 44.7 Å². The Labute approximate surface area is 185 Å². The lowest BCUT2D eigenvalue weighted by Crippen LogP contribution is -2.15. The molecule has 0 saturated carbocycles. The zero-order chi connectivity index (χ0) is 22.8. The number of benzene rings is 1. The van der Waals surface area contributed by atoms with Crippen LogP contribution in [0, 0.1) is 20.8 Å². The predicted octanol–water partition coefficient (Wildman–Crippen LogP) is 3.88. The fourth-order valence-electron chi connectivity index (χ4n) is 3.82. The van der Waals surface area contributed by atoms with Crippen LogP contribution in [0.2, 0.25) is 0 Å². The van der Waals surface area contributed by atoms with E-state index in [0.717, 1.165) is 22.8 Å². The molecule has 4 rings (SSSR count). The predicted molar refractivity (Wildman–Crippen MR) is 119 cm³/mol. The van der Waals surface area contributed by atoms with Crippen LogP contribution in [-0.4, -0.2) is 44.1 Å². The zero-order valence-electron chi connectivity index (χ0n) is 18.5. The second-order valence-electron chi connectivity index (χ2n) is 7.39. The average Bonchev–Trinajstić information content (AvgIpc) is 3.27. The Morgan fingerprint density at radius 2 is 1.84 bits per heavy atom. The number of Topliss-reactive ketones (excluding diaryl/α,β-unsaturated/α-hetero) is 1. The number of esters is 1. The number of fused-ring (bicyclic) bond motifs is 1. The minimum Gasteiger partial charge on any atom is -0.494 e. The fraction of sp³-hybridized carbons (Fsp3) is 0.250. The van der Waals surface area contributed by atoms with Crippen molar-refractivity contribution in [1.29, 1.82) is 0 Å². The number of hydrogen-bond acceptors (Lipinski definition) is 6. The van der Waals surface area contributed by atoms with E-state index in [-0.39, 0.29) is 18.0 Å². The number of carbonyl (C=O) groups excluding carboxylic acids is 2. The maximum atomic E-state index is 12.9. The van der Waals surface area contributed by atoms with Crippen LogP contribution in [0.3, 0.4) is 0 Å². The molecule has 164 valence electrons. The van der Waals surface area contributed by atoms with Crippen LogP contribution >= 0.6 is 0 Å². The third-order valence-corrected chi connectivity index (χ3v) is 5.25. The zero-order valence-corrected chi connectivity index (χ0v) is 18.5. The van der Waals surface area contributed by atoms with Gasteiger partial charge in [0.1, 0.15) is 11.3 Å². The van der Waals surface area contributed by atoms with Crippen LogP contribution in [0.25, 0.3) is 11.3 Å². The van der Waals surface area contributed by atoms with E-state index in [0.29, 0.717) is 23.5 Å². The Morgan fingerprint density at radius 3 is 2.56 bits per heavy atom. The van der Waals surface area contributed by atoms with Gasteiger partial charge in [0.2, 0.25) is 5.78 Å². The molecule has 0 spiro atoms. The Balaban J connectivity index is 1.52. The van der Waals surface area contributed by atoms with Gasteiger partial charge in [-0.1, -0.05) is 0 Å². The van der Waals surface area contributed by atoms with E-state index in [1.54, 1.807) is 25.4 Å². The summed E-state index contributed by atoms with van der Waals surface area (Å²) in [6.07, 6.45) is 3.28. The van der Waals surface area contributed by atoms with Crippen molar-refractivity contribution in [2.45, 2.75) is 27.7 Å². The van der Waals surface area contributed by atoms with Gasteiger partial charge in [0, 0.05) is 35.0 Å². The number of carbonyl (C=O) groups is 2. The van der Waals surface area contributed by atoms with E-state index in [9.17, 15) is 9.59 Å². The molecule has 0 unspecified atom stereocenters. The van der Waals surface area contributed by atoms with E-state index >= 15 is 0 Å². The highest BCUT2D eigenvalue weighted by Crippen LogP contribution is 2.23. The summed E-state index contributed by atoms with van der Waals surface area (Å²) >= 11 is 0. The van der Waals surface area contributed by atoms with Gasteiger partial charge in [-0.05, 0) is 64.1 Å². The number of nitrogens with zero attached hydrogens (tertiary/aromatic N) is 4. The van der Waals surface area contributed by atoms with Crippen LogP contribution in [-0.2, 0) is 4.74 Å². The van der Waals surface area contributed by atoms with E-state index in [1.165, 1.54) is 4.52 Å². The molecular formula is C24H24N4O4. The van der Waals surface area contributed by atoms with Crippen LogP contribution < -0.4 is 4.74 Å². The molecule has 0 amide bonds. The quantitative estimate of drug-likeness (QED) is 0.325. The first kappa shape index (κ1) is 21.3. The Kier molecular flexibility index (Phi) is 5.77. The summed E-state index contributed by atoms with van der Waals surface area (Å²) in [5.41, 5.74) is 4.28. The van der Waals surface area contributed by atoms with Crippen LogP contribution in [0.4, 0.5) is 0 Å². The Bertz CT molecular complexity index is 1300. The minimum atomic E-state index is -0.620. The summed E-state index contributed by atoms with van der Waals surface area (Å²) in [4.78, 5) is 29.7. The van der Waals surface area contributed by atoms with Gasteiger partial charge in [-0.25, -0.2) is 14.3 Å². The normalized spacial score (nSPS) is 11.0. The minimum absolute atomic E-state index is 0.262. The molecule has 0 aliphatic rings. The van der Waals surface area contributed by atoms with Gasteiger partial charge in [-0.3, -0.25) is 4.79 Å². The standard InChI is InChI=1S/C24H24N4O4/c1-5-31-19-9-7-18(8-10-19)28-15(2)13-20(17(28)4)21(29)14-32-24(30)22-16(3)26-27-12-6-11-25-23(22)27/h6-13H,5,14H2,1-4H3. The molecule has 0 saturated heterocycles. The van der Waals surface area contributed by atoms with Gasteiger partial charge in [-0.2, -0.15) is 5.10 Å². The van der Waals surface area contributed by atoms with Crippen molar-refractivity contribution < 1.29 is 19.1 Å². The van der Waals surface area contributed by atoms with E-state index in [2.05, 4.69) is 10.1 Å². The lowest BCUT2D eigenvalue weighted by atomic mass is 10.1. The highest BCUT2D eigenvalue weighted by molar-refractivity contribution is 6.02. The first-order valence-corrected chi connectivity index (χ1v) is 10.3. The molecule has 0 radical (unpaired) electrons. The number of ether oxygens (including phenoxy) is 2. The van der Waals surface area contributed by atoms with E-state index in [1.807, 2.05) is 55.7 Å². The van der Waals surface area contributed by atoms with Crippen molar-refractivity contribution in [2.24, 2.45) is 0 Å². The molecule has 0 fully saturated rings. The average molecular weight is 432 g/mol. The molecule has 4 aromatic rings. The fourth-order valence-corrected chi connectivity index (χ4v) is 3.82. The monoisotopic (exact) mass is 432 g/mol. The summed E-state index contributed by atoms with van der Waals surface area (Å²) in [6.45, 7) is 7.68. The van der Waals surface area contributed by atoms with E-state index < -0.39 is 5.97 Å². The topological polar surface area (TPSA) is 87.7 Å². The molecule has 8 heteroatoms. The second-order valence-corrected chi connectivity index (χ2v) is 7.39. The summed E-state index contributed by atoms with van der Waals surface area (Å²) < 4.78 is 14.3. The van der Waals surface area contributed by atoms with Gasteiger partial charge in [0.15, 0.2) is 12.3 Å². The van der Waals surface area contributed by atoms with Gasteiger partial charge in [-0.15, -0.1) is 0 Å². The van der Waals surface area contributed by atoms with Crippen molar-refractivity contribution in [3.8, 4) is 11.4 Å².